The molecule has 0 bridgehead atoms. The highest BCUT2D eigenvalue weighted by atomic mass is 79.9. The maximum atomic E-state index is 13.8. The molecule has 0 radical (unpaired) electrons. The van der Waals surface area contributed by atoms with Crippen LogP contribution in [-0.4, -0.2) is 18.0 Å². The van der Waals surface area contributed by atoms with Gasteiger partial charge in [0, 0.05) is 23.1 Å². The highest BCUT2D eigenvalue weighted by Crippen LogP contribution is 2.37. The normalized spacial score (nSPS) is 19.3. The van der Waals surface area contributed by atoms with Gasteiger partial charge in [0.25, 0.3) is 0 Å². The Morgan fingerprint density at radius 3 is 2.61 bits per heavy atom. The molecule has 0 amide bonds. The van der Waals surface area contributed by atoms with Gasteiger partial charge in [-0.25, -0.2) is 4.39 Å². The van der Waals surface area contributed by atoms with Gasteiger partial charge in [0.05, 0.1) is 0 Å². The van der Waals surface area contributed by atoms with Crippen LogP contribution in [0.25, 0.3) is 0 Å². The van der Waals surface area contributed by atoms with E-state index in [9.17, 15) is 4.39 Å². The first-order valence-electron chi connectivity index (χ1n) is 6.75. The Kier molecular flexibility index (Phi) is 4.44. The molecular formula is C15H21BrFN. The van der Waals surface area contributed by atoms with E-state index in [0.29, 0.717) is 5.41 Å². The Morgan fingerprint density at radius 2 is 2.06 bits per heavy atom. The van der Waals surface area contributed by atoms with Gasteiger partial charge in [-0.15, -0.1) is 0 Å². The molecule has 0 spiro atoms. The largest absolute Gasteiger partial charge is 0.298 e. The van der Waals surface area contributed by atoms with E-state index >= 15 is 0 Å². The van der Waals surface area contributed by atoms with E-state index in [0.717, 1.165) is 29.7 Å². The average molecular weight is 314 g/mol. The quantitative estimate of drug-likeness (QED) is 0.785. The molecule has 0 unspecified atom stereocenters. The molecule has 18 heavy (non-hydrogen) atoms. The molecule has 1 aromatic carbocycles. The predicted octanol–water partition coefficient (Wildman–Crippen LogP) is 4.60. The van der Waals surface area contributed by atoms with Gasteiger partial charge in [0.2, 0.25) is 0 Å². The van der Waals surface area contributed by atoms with Crippen LogP contribution in [0.15, 0.2) is 22.7 Å². The Hall–Kier alpha value is -0.410. The summed E-state index contributed by atoms with van der Waals surface area (Å²) in [5.74, 6) is -0.102. The Labute approximate surface area is 118 Å². The van der Waals surface area contributed by atoms with Crippen LogP contribution < -0.4 is 0 Å². The Morgan fingerprint density at radius 1 is 1.33 bits per heavy atom. The van der Waals surface area contributed by atoms with Crippen LogP contribution in [0.5, 0.6) is 0 Å². The molecule has 1 nitrogen and oxygen atoms in total. The molecule has 1 aromatic rings. The van der Waals surface area contributed by atoms with Gasteiger partial charge in [-0.1, -0.05) is 35.8 Å². The summed E-state index contributed by atoms with van der Waals surface area (Å²) >= 11 is 3.30. The van der Waals surface area contributed by atoms with E-state index in [1.165, 1.54) is 19.3 Å². The number of hydrogen-bond donors (Lipinski definition) is 0. The standard InChI is InChI=1S/C15H21BrFN/c1-3-15(4-2)7-8-18(11-15)10-12-5-6-13(16)9-14(12)17/h5-6,9H,3-4,7-8,10-11H2,1-2H3. The number of nitrogens with zero attached hydrogens (tertiary/aromatic N) is 1. The lowest BCUT2D eigenvalue weighted by Crippen LogP contribution is -2.26. The van der Waals surface area contributed by atoms with Crippen molar-refractivity contribution in [3.8, 4) is 0 Å². The van der Waals surface area contributed by atoms with Crippen molar-refractivity contribution >= 4 is 15.9 Å². The van der Waals surface area contributed by atoms with Crippen molar-refractivity contribution in [2.45, 2.75) is 39.7 Å². The van der Waals surface area contributed by atoms with Crippen molar-refractivity contribution in [2.24, 2.45) is 5.41 Å². The van der Waals surface area contributed by atoms with Gasteiger partial charge >= 0.3 is 0 Å². The zero-order chi connectivity index (χ0) is 13.2. The monoisotopic (exact) mass is 313 g/mol. The summed E-state index contributed by atoms with van der Waals surface area (Å²) in [6, 6.07) is 5.36. The minimum absolute atomic E-state index is 0.102. The van der Waals surface area contributed by atoms with Gasteiger partial charge in [-0.2, -0.15) is 0 Å². The van der Waals surface area contributed by atoms with Crippen LogP contribution in [0, 0.1) is 11.2 Å². The first kappa shape index (κ1) is 14.0. The lowest BCUT2D eigenvalue weighted by Gasteiger charge is -2.26. The third kappa shape index (κ3) is 2.94. The summed E-state index contributed by atoms with van der Waals surface area (Å²) in [5, 5.41) is 0. The second kappa shape index (κ2) is 5.70. The van der Waals surface area contributed by atoms with Gasteiger partial charge in [0.15, 0.2) is 0 Å². The highest BCUT2D eigenvalue weighted by Gasteiger charge is 2.34. The van der Waals surface area contributed by atoms with Crippen LogP contribution in [0.4, 0.5) is 4.39 Å². The van der Waals surface area contributed by atoms with Crippen molar-refractivity contribution < 1.29 is 4.39 Å². The van der Waals surface area contributed by atoms with E-state index in [1.54, 1.807) is 6.07 Å². The smallest absolute Gasteiger partial charge is 0.128 e. The predicted molar refractivity (Wildman–Crippen MR) is 77.0 cm³/mol. The van der Waals surface area contributed by atoms with E-state index in [1.807, 2.05) is 12.1 Å². The van der Waals surface area contributed by atoms with Gasteiger partial charge in [0.1, 0.15) is 5.82 Å². The summed E-state index contributed by atoms with van der Waals surface area (Å²) in [6.07, 6.45) is 3.70. The number of benzene rings is 1. The number of likely N-dealkylation sites (tertiary alicyclic amines) is 1. The maximum absolute atomic E-state index is 13.8. The molecule has 2 rings (SSSR count). The molecule has 0 atom stereocenters. The topological polar surface area (TPSA) is 3.24 Å². The van der Waals surface area contributed by atoms with Gasteiger partial charge in [-0.3, -0.25) is 4.90 Å². The molecule has 0 N–H and O–H groups in total. The molecule has 0 aliphatic carbocycles. The van der Waals surface area contributed by atoms with E-state index in [4.69, 9.17) is 0 Å². The Bertz CT molecular complexity index is 415. The summed E-state index contributed by atoms with van der Waals surface area (Å²) in [5.41, 5.74) is 1.27. The van der Waals surface area contributed by atoms with Crippen LogP contribution in [-0.2, 0) is 6.54 Å². The zero-order valence-electron chi connectivity index (χ0n) is 11.2. The third-order valence-electron chi connectivity index (χ3n) is 4.43. The SMILES string of the molecule is CCC1(CC)CCN(Cc2ccc(Br)cc2F)C1. The number of halogens is 2. The van der Waals surface area contributed by atoms with Gasteiger partial charge in [-0.05, 0) is 43.4 Å². The number of rotatable bonds is 4. The van der Waals surface area contributed by atoms with Crippen molar-refractivity contribution in [3.05, 3.63) is 34.1 Å². The lowest BCUT2D eigenvalue weighted by molar-refractivity contribution is 0.234. The molecule has 100 valence electrons. The van der Waals surface area contributed by atoms with Crippen molar-refractivity contribution in [1.82, 2.24) is 4.90 Å². The molecule has 0 saturated carbocycles. The zero-order valence-corrected chi connectivity index (χ0v) is 12.8. The first-order chi connectivity index (χ1) is 8.58. The molecule has 1 aliphatic heterocycles. The van der Waals surface area contributed by atoms with Crippen molar-refractivity contribution in [1.29, 1.82) is 0 Å². The molecule has 1 heterocycles. The van der Waals surface area contributed by atoms with Crippen LogP contribution in [0.2, 0.25) is 0 Å². The first-order valence-corrected chi connectivity index (χ1v) is 7.54. The van der Waals surface area contributed by atoms with Gasteiger partial charge < -0.3 is 0 Å². The van der Waals surface area contributed by atoms with Crippen LogP contribution >= 0.6 is 15.9 Å². The fourth-order valence-electron chi connectivity index (χ4n) is 2.88. The maximum Gasteiger partial charge on any atom is 0.128 e. The summed E-state index contributed by atoms with van der Waals surface area (Å²) < 4.78 is 14.6. The number of hydrogen-bond acceptors (Lipinski definition) is 1. The lowest BCUT2D eigenvalue weighted by atomic mass is 9.82. The third-order valence-corrected chi connectivity index (χ3v) is 4.92. The van der Waals surface area contributed by atoms with E-state index in [2.05, 4.69) is 34.7 Å². The molecule has 1 fully saturated rings. The minimum Gasteiger partial charge on any atom is -0.298 e. The molecule has 3 heteroatoms. The molecule has 1 saturated heterocycles. The van der Waals surface area contributed by atoms with E-state index < -0.39 is 0 Å². The van der Waals surface area contributed by atoms with Crippen molar-refractivity contribution in [3.63, 3.8) is 0 Å². The summed E-state index contributed by atoms with van der Waals surface area (Å²) in [7, 11) is 0. The van der Waals surface area contributed by atoms with Crippen LogP contribution in [0.3, 0.4) is 0 Å². The van der Waals surface area contributed by atoms with Crippen LogP contribution in [0.1, 0.15) is 38.7 Å². The second-order valence-corrected chi connectivity index (χ2v) is 6.32. The highest BCUT2D eigenvalue weighted by molar-refractivity contribution is 9.10. The molecule has 1 aliphatic rings. The Balaban J connectivity index is 2.03. The fraction of sp³-hybridized carbons (Fsp3) is 0.600. The fourth-order valence-corrected chi connectivity index (χ4v) is 3.21. The second-order valence-electron chi connectivity index (χ2n) is 5.40. The molecular weight excluding hydrogens is 293 g/mol. The minimum atomic E-state index is -0.102. The molecule has 0 aromatic heterocycles. The average Bonchev–Trinajstić information content (AvgIpc) is 2.77. The summed E-state index contributed by atoms with van der Waals surface area (Å²) in [6.45, 7) is 7.48. The summed E-state index contributed by atoms with van der Waals surface area (Å²) in [4.78, 5) is 2.39. The van der Waals surface area contributed by atoms with Crippen molar-refractivity contribution in [2.75, 3.05) is 13.1 Å². The van der Waals surface area contributed by atoms with E-state index in [-0.39, 0.29) is 5.82 Å².